The van der Waals surface area contributed by atoms with Gasteiger partial charge in [-0.1, -0.05) is 31.5 Å². The predicted octanol–water partition coefficient (Wildman–Crippen LogP) is 3.52. The molecule has 0 saturated carbocycles. The lowest BCUT2D eigenvalue weighted by Crippen LogP contribution is -2.28. The van der Waals surface area contributed by atoms with Crippen molar-refractivity contribution in [1.82, 2.24) is 4.98 Å². The molecule has 7 nitrogen and oxygen atoms in total. The normalized spacial score (nSPS) is 11.2. The van der Waals surface area contributed by atoms with Crippen LogP contribution in [-0.4, -0.2) is 37.6 Å². The van der Waals surface area contributed by atoms with Crippen molar-refractivity contribution in [3.63, 3.8) is 0 Å². The summed E-state index contributed by atoms with van der Waals surface area (Å²) in [6.07, 6.45) is 2.96. The van der Waals surface area contributed by atoms with E-state index in [4.69, 9.17) is 0 Å². The van der Waals surface area contributed by atoms with Gasteiger partial charge in [0.05, 0.1) is 16.1 Å². The van der Waals surface area contributed by atoms with E-state index in [0.29, 0.717) is 18.9 Å². The van der Waals surface area contributed by atoms with Crippen molar-refractivity contribution in [3.8, 4) is 0 Å². The molecule has 2 rings (SSSR count). The first-order chi connectivity index (χ1) is 12.8. The lowest BCUT2D eigenvalue weighted by Gasteiger charge is -2.25. The number of carboxylic acid groups (broad SMARTS) is 1. The van der Waals surface area contributed by atoms with Crippen LogP contribution >= 0.6 is 0 Å². The average Bonchev–Trinajstić information content (AvgIpc) is 2.61. The summed E-state index contributed by atoms with van der Waals surface area (Å²) in [5.41, 5.74) is 1.03. The smallest absolute Gasteiger partial charge is 0.337 e. The van der Waals surface area contributed by atoms with Crippen molar-refractivity contribution < 1.29 is 18.3 Å². The Bertz CT molecular complexity index is 890. The second-order valence-electron chi connectivity index (χ2n) is 6.31. The maximum absolute atomic E-state index is 12.8. The highest BCUT2D eigenvalue weighted by Crippen LogP contribution is 2.28. The molecule has 0 spiro atoms. The van der Waals surface area contributed by atoms with Gasteiger partial charge >= 0.3 is 5.97 Å². The van der Waals surface area contributed by atoms with Crippen molar-refractivity contribution in [2.45, 2.75) is 38.5 Å². The van der Waals surface area contributed by atoms with E-state index in [1.807, 2.05) is 25.7 Å². The van der Waals surface area contributed by atoms with Gasteiger partial charge in [0.25, 0.3) is 10.0 Å². The molecule has 0 fully saturated rings. The van der Waals surface area contributed by atoms with E-state index in [9.17, 15) is 18.3 Å². The van der Waals surface area contributed by atoms with Crippen LogP contribution in [0, 0.1) is 6.92 Å². The van der Waals surface area contributed by atoms with Gasteiger partial charge in [-0.3, -0.25) is 4.72 Å². The first-order valence-corrected chi connectivity index (χ1v) is 10.3. The Hall–Kier alpha value is -2.61. The summed E-state index contributed by atoms with van der Waals surface area (Å²) >= 11 is 0. The average molecular weight is 391 g/mol. The highest BCUT2D eigenvalue weighted by molar-refractivity contribution is 7.92. The van der Waals surface area contributed by atoms with Gasteiger partial charge in [0, 0.05) is 19.3 Å². The molecule has 0 aliphatic carbocycles. The lowest BCUT2D eigenvalue weighted by atomic mass is 10.2. The molecule has 1 aromatic heterocycles. The largest absolute Gasteiger partial charge is 0.478 e. The van der Waals surface area contributed by atoms with Crippen molar-refractivity contribution in [2.24, 2.45) is 0 Å². The van der Waals surface area contributed by atoms with Crippen molar-refractivity contribution in [3.05, 3.63) is 47.7 Å². The maximum atomic E-state index is 12.8. The molecule has 27 heavy (non-hydrogen) atoms. The van der Waals surface area contributed by atoms with Gasteiger partial charge in [-0.25, -0.2) is 18.2 Å². The summed E-state index contributed by atoms with van der Waals surface area (Å²) in [6.45, 7) is 7.28. The molecule has 8 heteroatoms. The van der Waals surface area contributed by atoms with E-state index in [0.717, 1.165) is 18.4 Å². The molecule has 0 radical (unpaired) electrons. The summed E-state index contributed by atoms with van der Waals surface area (Å²) in [5, 5.41) is 9.26. The molecular weight excluding hydrogens is 366 g/mol. The number of benzene rings is 1. The van der Waals surface area contributed by atoms with Crippen molar-refractivity contribution >= 4 is 27.5 Å². The second-order valence-corrected chi connectivity index (χ2v) is 7.99. The minimum atomic E-state index is -3.87. The van der Waals surface area contributed by atoms with Crippen LogP contribution in [0.3, 0.4) is 0 Å². The Morgan fingerprint density at radius 3 is 2.26 bits per heavy atom. The van der Waals surface area contributed by atoms with Crippen LogP contribution in [0.4, 0.5) is 11.5 Å². The molecule has 0 saturated heterocycles. The third kappa shape index (κ3) is 5.19. The molecule has 2 aromatic rings. The van der Waals surface area contributed by atoms with Gasteiger partial charge in [-0.15, -0.1) is 0 Å². The van der Waals surface area contributed by atoms with Crippen LogP contribution in [0.15, 0.2) is 41.4 Å². The Labute approximate surface area is 160 Å². The van der Waals surface area contributed by atoms with Crippen LogP contribution < -0.4 is 9.62 Å². The van der Waals surface area contributed by atoms with Crippen LogP contribution in [0.1, 0.15) is 42.6 Å². The number of aromatic carboxylic acids is 1. The maximum Gasteiger partial charge on any atom is 0.337 e. The predicted molar refractivity (Wildman–Crippen MR) is 106 cm³/mol. The molecule has 0 unspecified atom stereocenters. The Kier molecular flexibility index (Phi) is 6.79. The highest BCUT2D eigenvalue weighted by Gasteiger charge is 2.21. The van der Waals surface area contributed by atoms with Crippen molar-refractivity contribution in [1.29, 1.82) is 0 Å². The number of hydrogen-bond donors (Lipinski definition) is 2. The fraction of sp³-hybridized carbons (Fsp3) is 0.368. The molecule has 146 valence electrons. The number of anilines is 2. The van der Waals surface area contributed by atoms with Crippen LogP contribution in [-0.2, 0) is 10.0 Å². The zero-order valence-electron chi connectivity index (χ0n) is 15.8. The number of rotatable bonds is 9. The molecule has 1 aromatic carbocycles. The fourth-order valence-electron chi connectivity index (χ4n) is 2.69. The number of aryl methyl sites for hydroxylation is 1. The van der Waals surface area contributed by atoms with Gasteiger partial charge in [0.2, 0.25) is 0 Å². The zero-order chi connectivity index (χ0) is 20.0. The third-order valence-electron chi connectivity index (χ3n) is 3.98. The van der Waals surface area contributed by atoms with Crippen LogP contribution in [0.25, 0.3) is 0 Å². The monoisotopic (exact) mass is 391 g/mol. The summed E-state index contributed by atoms with van der Waals surface area (Å²) in [7, 11) is -3.87. The molecule has 1 heterocycles. The van der Waals surface area contributed by atoms with Gasteiger partial charge < -0.3 is 10.0 Å². The standard InChI is InChI=1S/C19H25N3O4S/c1-4-10-22(11-5-2)18-17(12-15(13-20-18)19(23)24)21-27(25,26)16-8-6-14(3)7-9-16/h6-9,12-13,21H,4-5,10-11H2,1-3H3,(H,23,24). The number of nitrogens with zero attached hydrogens (tertiary/aromatic N) is 2. The Morgan fingerprint density at radius 2 is 1.74 bits per heavy atom. The number of nitrogens with one attached hydrogen (secondary N) is 1. The number of carbonyl (C=O) groups is 1. The number of pyridine rings is 1. The second kappa shape index (κ2) is 8.85. The fourth-order valence-corrected chi connectivity index (χ4v) is 3.74. The quantitative estimate of drug-likeness (QED) is 0.678. The first-order valence-electron chi connectivity index (χ1n) is 8.86. The molecule has 0 aliphatic heterocycles. The SMILES string of the molecule is CCCN(CCC)c1ncc(C(=O)O)cc1NS(=O)(=O)c1ccc(C)cc1. The van der Waals surface area contributed by atoms with Crippen LogP contribution in [0.5, 0.6) is 0 Å². The van der Waals surface area contributed by atoms with E-state index in [2.05, 4.69) is 9.71 Å². The van der Waals surface area contributed by atoms with Gasteiger partial charge in [-0.05, 0) is 38.0 Å². The van der Waals surface area contributed by atoms with Gasteiger partial charge in [0.1, 0.15) is 0 Å². The third-order valence-corrected chi connectivity index (χ3v) is 5.36. The summed E-state index contributed by atoms with van der Waals surface area (Å²) < 4.78 is 28.1. The first kappa shape index (κ1) is 20.7. The zero-order valence-corrected chi connectivity index (χ0v) is 16.6. The number of carboxylic acids is 1. The molecular formula is C19H25N3O4S. The lowest BCUT2D eigenvalue weighted by molar-refractivity contribution is 0.0696. The van der Waals surface area contributed by atoms with E-state index >= 15 is 0 Å². The summed E-state index contributed by atoms with van der Waals surface area (Å²) in [6, 6.07) is 7.77. The van der Waals surface area contributed by atoms with Crippen LogP contribution in [0.2, 0.25) is 0 Å². The molecule has 0 atom stereocenters. The van der Waals surface area contributed by atoms with E-state index in [-0.39, 0.29) is 16.1 Å². The molecule has 0 bridgehead atoms. The molecule has 0 aliphatic rings. The summed E-state index contributed by atoms with van der Waals surface area (Å²) in [5.74, 6) is -0.734. The summed E-state index contributed by atoms with van der Waals surface area (Å²) in [4.78, 5) is 17.6. The van der Waals surface area contributed by atoms with Gasteiger partial charge in [0.15, 0.2) is 5.82 Å². The van der Waals surface area contributed by atoms with E-state index in [1.165, 1.54) is 24.4 Å². The minimum absolute atomic E-state index is 0.0756. The topological polar surface area (TPSA) is 99.6 Å². The minimum Gasteiger partial charge on any atom is -0.478 e. The number of aromatic nitrogens is 1. The number of sulfonamides is 1. The Balaban J connectivity index is 2.49. The molecule has 2 N–H and O–H groups in total. The highest BCUT2D eigenvalue weighted by atomic mass is 32.2. The van der Waals surface area contributed by atoms with E-state index < -0.39 is 16.0 Å². The number of hydrogen-bond acceptors (Lipinski definition) is 5. The van der Waals surface area contributed by atoms with E-state index in [1.54, 1.807) is 12.1 Å². The Morgan fingerprint density at radius 1 is 1.15 bits per heavy atom. The molecule has 0 amide bonds. The van der Waals surface area contributed by atoms with Gasteiger partial charge in [-0.2, -0.15) is 0 Å². The van der Waals surface area contributed by atoms with Crippen molar-refractivity contribution in [2.75, 3.05) is 22.7 Å².